The zero-order valence-corrected chi connectivity index (χ0v) is 15.6. The van der Waals surface area contributed by atoms with Crippen molar-refractivity contribution >= 4 is 29.1 Å². The van der Waals surface area contributed by atoms with Gasteiger partial charge in [-0.15, -0.1) is 0 Å². The van der Waals surface area contributed by atoms with Crippen LogP contribution in [0.4, 0.5) is 0 Å². The fraction of sp³-hybridized carbons (Fsp3) is 0.588. The van der Waals surface area contributed by atoms with Crippen molar-refractivity contribution in [2.24, 2.45) is 11.1 Å². The first kappa shape index (κ1) is 19.5. The Morgan fingerprint density at radius 1 is 1.42 bits per heavy atom. The summed E-state index contributed by atoms with van der Waals surface area (Å²) in [6.45, 7) is 6.37. The Kier molecular flexibility index (Phi) is 5.83. The number of amides is 1. The molecule has 0 bridgehead atoms. The minimum Gasteiger partial charge on any atom is -0.387 e. The fourth-order valence-electron chi connectivity index (χ4n) is 3.05. The summed E-state index contributed by atoms with van der Waals surface area (Å²) >= 11 is 11.9. The van der Waals surface area contributed by atoms with Crippen LogP contribution < -0.4 is 11.1 Å². The number of aliphatic hydroxyl groups is 1. The number of aliphatic hydroxyl groups excluding tert-OH is 1. The second-order valence-corrected chi connectivity index (χ2v) is 7.64. The maximum Gasteiger partial charge on any atom is 0.240 e. The summed E-state index contributed by atoms with van der Waals surface area (Å²) in [6, 6.07) is 4.80. The number of rotatable bonds is 6. The van der Waals surface area contributed by atoms with Gasteiger partial charge in [0, 0.05) is 35.0 Å². The van der Waals surface area contributed by atoms with Gasteiger partial charge in [-0.2, -0.15) is 0 Å². The van der Waals surface area contributed by atoms with Crippen molar-refractivity contribution < 1.29 is 14.6 Å². The molecule has 1 aromatic carbocycles. The largest absolute Gasteiger partial charge is 0.387 e. The van der Waals surface area contributed by atoms with Crippen LogP contribution in [0.1, 0.15) is 38.9 Å². The van der Waals surface area contributed by atoms with Gasteiger partial charge in [-0.1, -0.05) is 37.0 Å². The third-order valence-corrected chi connectivity index (χ3v) is 5.40. The highest BCUT2D eigenvalue weighted by Gasteiger charge is 2.62. The van der Waals surface area contributed by atoms with E-state index < -0.39 is 17.1 Å². The molecule has 1 saturated carbocycles. The van der Waals surface area contributed by atoms with Crippen LogP contribution in [0.3, 0.4) is 0 Å². The summed E-state index contributed by atoms with van der Waals surface area (Å²) in [4.78, 5) is 12.5. The van der Waals surface area contributed by atoms with Gasteiger partial charge in [-0.25, -0.2) is 0 Å². The molecule has 3 atom stereocenters. The normalized spacial score (nSPS) is 26.5. The Morgan fingerprint density at radius 2 is 2.00 bits per heavy atom. The van der Waals surface area contributed by atoms with Gasteiger partial charge >= 0.3 is 0 Å². The maximum absolute atomic E-state index is 12.5. The number of hydrogen-bond donors (Lipinski definition) is 3. The minimum absolute atomic E-state index is 0.0316. The second-order valence-electron chi connectivity index (χ2n) is 6.77. The van der Waals surface area contributed by atoms with Gasteiger partial charge in [0.25, 0.3) is 0 Å². The van der Waals surface area contributed by atoms with Crippen LogP contribution in [-0.4, -0.2) is 35.8 Å². The van der Waals surface area contributed by atoms with E-state index in [0.29, 0.717) is 28.6 Å². The van der Waals surface area contributed by atoms with Crippen LogP contribution in [0, 0.1) is 5.41 Å². The average molecular weight is 375 g/mol. The summed E-state index contributed by atoms with van der Waals surface area (Å²) in [5.74, 6) is -0.296. The Bertz CT molecular complexity index is 604. The van der Waals surface area contributed by atoms with Crippen molar-refractivity contribution in [2.45, 2.75) is 44.9 Å². The molecule has 24 heavy (non-hydrogen) atoms. The lowest BCUT2D eigenvalue weighted by Crippen LogP contribution is -2.75. The zero-order chi connectivity index (χ0) is 18.1. The van der Waals surface area contributed by atoms with E-state index in [-0.39, 0.29) is 18.6 Å². The predicted molar refractivity (Wildman–Crippen MR) is 95.2 cm³/mol. The Labute approximate surface area is 152 Å². The molecular formula is C17H24Cl2N2O3. The molecule has 7 heteroatoms. The molecule has 0 spiro atoms. The molecule has 1 aliphatic rings. The van der Waals surface area contributed by atoms with E-state index in [0.717, 1.165) is 0 Å². The lowest BCUT2D eigenvalue weighted by atomic mass is 9.54. The van der Waals surface area contributed by atoms with Gasteiger partial charge in [0.05, 0.1) is 12.2 Å². The molecule has 1 aliphatic carbocycles. The summed E-state index contributed by atoms with van der Waals surface area (Å²) < 4.78 is 5.62. The standard InChI is InChI=1S/C17H24Cl2N2O3/c1-4-24-14-8-17(20,16(14,2)3)15(23)21-9-13(22)10-5-11(18)7-12(19)6-10/h5-7,13-14,22H,4,8-9,20H2,1-3H3,(H,21,23). The molecular weight excluding hydrogens is 351 g/mol. The maximum atomic E-state index is 12.5. The number of benzene rings is 1. The molecule has 134 valence electrons. The Hall–Kier alpha value is -0.850. The second kappa shape index (κ2) is 7.18. The quantitative estimate of drug-likeness (QED) is 0.714. The molecule has 1 fully saturated rings. The summed E-state index contributed by atoms with van der Waals surface area (Å²) in [5, 5.41) is 13.8. The Balaban J connectivity index is 1.98. The molecule has 0 saturated heterocycles. The monoisotopic (exact) mass is 374 g/mol. The van der Waals surface area contributed by atoms with E-state index in [1.54, 1.807) is 18.2 Å². The Morgan fingerprint density at radius 3 is 2.50 bits per heavy atom. The van der Waals surface area contributed by atoms with Crippen LogP contribution in [0.2, 0.25) is 10.0 Å². The zero-order valence-electron chi connectivity index (χ0n) is 14.1. The lowest BCUT2D eigenvalue weighted by molar-refractivity contribution is -0.170. The van der Waals surface area contributed by atoms with Crippen molar-refractivity contribution in [3.05, 3.63) is 33.8 Å². The van der Waals surface area contributed by atoms with E-state index in [1.807, 2.05) is 20.8 Å². The van der Waals surface area contributed by atoms with Crippen LogP contribution in [0.5, 0.6) is 0 Å². The first-order valence-electron chi connectivity index (χ1n) is 7.94. The number of nitrogens with one attached hydrogen (secondary N) is 1. The van der Waals surface area contributed by atoms with E-state index in [4.69, 9.17) is 33.7 Å². The van der Waals surface area contributed by atoms with Gasteiger partial charge in [0.1, 0.15) is 5.54 Å². The van der Waals surface area contributed by atoms with E-state index in [2.05, 4.69) is 5.32 Å². The molecule has 4 N–H and O–H groups in total. The molecule has 2 rings (SSSR count). The van der Waals surface area contributed by atoms with Crippen LogP contribution in [-0.2, 0) is 9.53 Å². The number of carbonyl (C=O) groups excluding carboxylic acids is 1. The number of halogens is 2. The molecule has 1 amide bonds. The highest BCUT2D eigenvalue weighted by Crippen LogP contribution is 2.49. The van der Waals surface area contributed by atoms with Gasteiger partial charge < -0.3 is 20.9 Å². The topological polar surface area (TPSA) is 84.6 Å². The van der Waals surface area contributed by atoms with Crippen LogP contribution in [0.25, 0.3) is 0 Å². The highest BCUT2D eigenvalue weighted by atomic mass is 35.5. The number of ether oxygens (including phenoxy) is 1. The summed E-state index contributed by atoms with van der Waals surface area (Å²) in [7, 11) is 0. The van der Waals surface area contributed by atoms with Crippen molar-refractivity contribution in [3.8, 4) is 0 Å². The number of nitrogens with two attached hydrogens (primary N) is 1. The van der Waals surface area contributed by atoms with Crippen molar-refractivity contribution in [3.63, 3.8) is 0 Å². The smallest absolute Gasteiger partial charge is 0.240 e. The number of carbonyl (C=O) groups is 1. The molecule has 0 radical (unpaired) electrons. The fourth-order valence-corrected chi connectivity index (χ4v) is 3.60. The predicted octanol–water partition coefficient (Wildman–Crippen LogP) is 2.68. The summed E-state index contributed by atoms with van der Waals surface area (Å²) in [6.07, 6.45) is -0.506. The first-order chi connectivity index (χ1) is 11.1. The molecule has 5 nitrogen and oxygen atoms in total. The molecule has 1 aromatic rings. The van der Waals surface area contributed by atoms with E-state index in [9.17, 15) is 9.90 Å². The summed E-state index contributed by atoms with van der Waals surface area (Å²) in [5.41, 5.74) is 5.35. The molecule has 0 aliphatic heterocycles. The molecule has 3 unspecified atom stereocenters. The molecule has 0 aromatic heterocycles. The lowest BCUT2D eigenvalue weighted by Gasteiger charge is -2.57. The van der Waals surface area contributed by atoms with Gasteiger partial charge in [0.2, 0.25) is 5.91 Å². The van der Waals surface area contributed by atoms with Gasteiger partial charge in [-0.05, 0) is 30.7 Å². The van der Waals surface area contributed by atoms with Crippen molar-refractivity contribution in [2.75, 3.05) is 13.2 Å². The van der Waals surface area contributed by atoms with E-state index in [1.165, 1.54) is 0 Å². The van der Waals surface area contributed by atoms with Gasteiger partial charge in [-0.3, -0.25) is 4.79 Å². The SMILES string of the molecule is CCOC1CC(N)(C(=O)NCC(O)c2cc(Cl)cc(Cl)c2)C1(C)C. The van der Waals surface area contributed by atoms with E-state index >= 15 is 0 Å². The third kappa shape index (κ3) is 3.55. The molecule has 0 heterocycles. The van der Waals surface area contributed by atoms with Crippen molar-refractivity contribution in [1.29, 1.82) is 0 Å². The number of hydrogen-bond acceptors (Lipinski definition) is 4. The van der Waals surface area contributed by atoms with Gasteiger partial charge in [0.15, 0.2) is 0 Å². The minimum atomic E-state index is -1.02. The van der Waals surface area contributed by atoms with Crippen LogP contribution in [0.15, 0.2) is 18.2 Å². The third-order valence-electron chi connectivity index (χ3n) is 4.96. The van der Waals surface area contributed by atoms with Crippen LogP contribution >= 0.6 is 23.2 Å². The first-order valence-corrected chi connectivity index (χ1v) is 8.70. The highest BCUT2D eigenvalue weighted by molar-refractivity contribution is 6.34. The average Bonchev–Trinajstić information content (AvgIpc) is 2.50. The van der Waals surface area contributed by atoms with Crippen molar-refractivity contribution in [1.82, 2.24) is 5.32 Å².